The van der Waals surface area contributed by atoms with Crippen LogP contribution in [0.25, 0.3) is 0 Å². The van der Waals surface area contributed by atoms with Crippen LogP contribution in [-0.4, -0.2) is 30.7 Å². The van der Waals surface area contributed by atoms with Crippen LogP contribution in [0.1, 0.15) is 51.9 Å². The third-order valence-electron chi connectivity index (χ3n) is 5.48. The summed E-state index contributed by atoms with van der Waals surface area (Å²) in [6.45, 7) is 3.02. The summed E-state index contributed by atoms with van der Waals surface area (Å²) in [5, 5.41) is 7.39. The molecule has 2 fully saturated rings. The molecule has 1 aliphatic carbocycles. The quantitative estimate of drug-likeness (QED) is 0.777. The van der Waals surface area contributed by atoms with Gasteiger partial charge in [-0.3, -0.25) is 4.79 Å². The third kappa shape index (κ3) is 4.47. The number of hydrogen-bond acceptors (Lipinski definition) is 3. The van der Waals surface area contributed by atoms with Gasteiger partial charge in [0.05, 0.1) is 12.8 Å². The Balaban J connectivity index is 1.70. The number of amides is 1. The van der Waals surface area contributed by atoms with Crippen LogP contribution >= 0.6 is 12.2 Å². The minimum absolute atomic E-state index is 0.156. The molecule has 5 nitrogen and oxygen atoms in total. The maximum Gasteiger partial charge on any atom is 0.227 e. The van der Waals surface area contributed by atoms with Crippen molar-refractivity contribution in [2.24, 2.45) is 5.92 Å². The Kier molecular flexibility index (Phi) is 6.35. The number of ether oxygens (including phenoxy) is 1. The van der Waals surface area contributed by atoms with Gasteiger partial charge >= 0.3 is 0 Å². The Morgan fingerprint density at radius 1 is 1.23 bits per heavy atom. The summed E-state index contributed by atoms with van der Waals surface area (Å²) >= 11 is 5.52. The van der Waals surface area contributed by atoms with E-state index in [2.05, 4.69) is 17.6 Å². The number of benzene rings is 1. The molecule has 6 heteroatoms. The van der Waals surface area contributed by atoms with Crippen LogP contribution in [0, 0.1) is 5.92 Å². The number of thiocarbonyl (C=S) groups is 1. The van der Waals surface area contributed by atoms with Crippen LogP contribution < -0.4 is 20.3 Å². The van der Waals surface area contributed by atoms with Crippen molar-refractivity contribution in [1.82, 2.24) is 5.32 Å². The van der Waals surface area contributed by atoms with E-state index in [1.807, 2.05) is 23.1 Å². The Morgan fingerprint density at radius 2 is 2.04 bits per heavy atom. The zero-order valence-electron chi connectivity index (χ0n) is 15.7. The van der Waals surface area contributed by atoms with Crippen LogP contribution in [0.3, 0.4) is 0 Å². The number of carbonyl (C=O) groups is 1. The second kappa shape index (κ2) is 8.71. The van der Waals surface area contributed by atoms with Crippen molar-refractivity contribution >= 4 is 34.6 Å². The van der Waals surface area contributed by atoms with Crippen LogP contribution in [-0.2, 0) is 4.79 Å². The van der Waals surface area contributed by atoms with Gasteiger partial charge in [-0.1, -0.05) is 19.8 Å². The molecule has 26 heavy (non-hydrogen) atoms. The Morgan fingerprint density at radius 3 is 2.77 bits per heavy atom. The van der Waals surface area contributed by atoms with E-state index in [1.54, 1.807) is 7.11 Å². The largest absolute Gasteiger partial charge is 0.495 e. The molecule has 142 valence electrons. The molecule has 2 N–H and O–H groups in total. The number of nitrogens with one attached hydrogen (secondary N) is 2. The summed E-state index contributed by atoms with van der Waals surface area (Å²) in [5.74, 6) is 1.51. The summed E-state index contributed by atoms with van der Waals surface area (Å²) in [7, 11) is 1.64. The molecule has 1 aromatic carbocycles. The normalized spacial score (nSPS) is 23.5. The lowest BCUT2D eigenvalue weighted by molar-refractivity contribution is -0.119. The summed E-state index contributed by atoms with van der Waals surface area (Å²) in [6, 6.07) is 6.23. The molecule has 1 saturated carbocycles. The molecule has 0 spiro atoms. The monoisotopic (exact) mass is 375 g/mol. The van der Waals surface area contributed by atoms with Gasteiger partial charge in [0.2, 0.25) is 5.91 Å². The van der Waals surface area contributed by atoms with Crippen molar-refractivity contribution < 1.29 is 9.53 Å². The average molecular weight is 376 g/mol. The molecule has 1 aliphatic heterocycles. The first-order valence-electron chi connectivity index (χ1n) is 9.64. The SMILES string of the molecule is COc1ccc(NC(=S)NC2CCCCC2C)cc1N1CCCCC1=O. The highest BCUT2D eigenvalue weighted by Crippen LogP contribution is 2.33. The van der Waals surface area contributed by atoms with Crippen molar-refractivity contribution in [2.45, 2.75) is 57.9 Å². The van der Waals surface area contributed by atoms with Crippen LogP contribution in [0.4, 0.5) is 11.4 Å². The van der Waals surface area contributed by atoms with E-state index in [0.717, 1.165) is 30.8 Å². The number of nitrogens with zero attached hydrogens (tertiary/aromatic N) is 1. The fraction of sp³-hybridized carbons (Fsp3) is 0.600. The van der Waals surface area contributed by atoms with Crippen LogP contribution in [0.2, 0.25) is 0 Å². The van der Waals surface area contributed by atoms with E-state index >= 15 is 0 Å². The molecule has 1 aromatic rings. The molecular weight excluding hydrogens is 346 g/mol. The number of hydrogen-bond donors (Lipinski definition) is 2. The molecule has 2 atom stereocenters. The van der Waals surface area contributed by atoms with Crippen LogP contribution in [0.5, 0.6) is 5.75 Å². The van der Waals surface area contributed by atoms with Gasteiger partial charge in [0.15, 0.2) is 5.11 Å². The second-order valence-electron chi connectivity index (χ2n) is 7.36. The van der Waals surface area contributed by atoms with Gasteiger partial charge < -0.3 is 20.3 Å². The van der Waals surface area contributed by atoms with E-state index in [0.29, 0.717) is 29.2 Å². The zero-order valence-corrected chi connectivity index (χ0v) is 16.5. The van der Waals surface area contributed by atoms with E-state index in [4.69, 9.17) is 17.0 Å². The first-order valence-corrected chi connectivity index (χ1v) is 10.0. The van der Waals surface area contributed by atoms with Crippen molar-refractivity contribution in [3.8, 4) is 5.75 Å². The molecular formula is C20H29N3O2S. The zero-order chi connectivity index (χ0) is 18.5. The molecule has 2 unspecified atom stereocenters. The maximum absolute atomic E-state index is 12.3. The molecule has 3 rings (SSSR count). The summed E-state index contributed by atoms with van der Waals surface area (Å²) in [4.78, 5) is 14.1. The molecule has 1 heterocycles. The van der Waals surface area contributed by atoms with E-state index in [1.165, 1.54) is 25.7 Å². The van der Waals surface area contributed by atoms with E-state index in [9.17, 15) is 4.79 Å². The van der Waals surface area contributed by atoms with Crippen LogP contribution in [0.15, 0.2) is 18.2 Å². The lowest BCUT2D eigenvalue weighted by Gasteiger charge is -2.31. The van der Waals surface area contributed by atoms with Crippen molar-refractivity contribution in [1.29, 1.82) is 0 Å². The number of anilines is 2. The minimum Gasteiger partial charge on any atom is -0.495 e. The molecule has 1 amide bonds. The van der Waals surface area contributed by atoms with Gasteiger partial charge in [0.1, 0.15) is 5.75 Å². The van der Waals surface area contributed by atoms with Crippen molar-refractivity contribution in [3.63, 3.8) is 0 Å². The Labute approximate surface area is 161 Å². The summed E-state index contributed by atoms with van der Waals surface area (Å²) in [6.07, 6.45) is 7.57. The van der Waals surface area contributed by atoms with Gasteiger partial charge in [0, 0.05) is 24.7 Å². The topological polar surface area (TPSA) is 53.6 Å². The average Bonchev–Trinajstić information content (AvgIpc) is 2.64. The molecule has 2 aliphatic rings. The summed E-state index contributed by atoms with van der Waals surface area (Å²) < 4.78 is 5.47. The van der Waals surface area contributed by atoms with Gasteiger partial charge in [-0.2, -0.15) is 0 Å². The highest BCUT2D eigenvalue weighted by molar-refractivity contribution is 7.80. The predicted octanol–water partition coefficient (Wildman–Crippen LogP) is 4.08. The van der Waals surface area contributed by atoms with Crippen molar-refractivity contribution in [2.75, 3.05) is 23.9 Å². The molecule has 0 aromatic heterocycles. The number of carbonyl (C=O) groups excluding carboxylic acids is 1. The number of methoxy groups -OCH3 is 1. The Hall–Kier alpha value is -1.82. The van der Waals surface area contributed by atoms with E-state index in [-0.39, 0.29) is 5.91 Å². The molecule has 0 radical (unpaired) electrons. The molecule has 1 saturated heterocycles. The third-order valence-corrected chi connectivity index (χ3v) is 5.70. The highest BCUT2D eigenvalue weighted by atomic mass is 32.1. The first kappa shape index (κ1) is 19.0. The minimum atomic E-state index is 0.156. The van der Waals surface area contributed by atoms with Gasteiger partial charge in [0.25, 0.3) is 0 Å². The van der Waals surface area contributed by atoms with E-state index < -0.39 is 0 Å². The smallest absolute Gasteiger partial charge is 0.227 e. The highest BCUT2D eigenvalue weighted by Gasteiger charge is 2.24. The summed E-state index contributed by atoms with van der Waals surface area (Å²) in [5.41, 5.74) is 1.69. The molecule has 0 bridgehead atoms. The lowest BCUT2D eigenvalue weighted by atomic mass is 9.86. The first-order chi connectivity index (χ1) is 12.6. The number of rotatable bonds is 4. The van der Waals surface area contributed by atoms with Gasteiger partial charge in [-0.15, -0.1) is 0 Å². The predicted molar refractivity (Wildman–Crippen MR) is 110 cm³/mol. The van der Waals surface area contributed by atoms with Gasteiger partial charge in [-0.05, 0) is 62.0 Å². The number of piperidine rings is 1. The fourth-order valence-electron chi connectivity index (χ4n) is 3.91. The Bertz CT molecular complexity index is 664. The lowest BCUT2D eigenvalue weighted by Crippen LogP contribution is -2.43. The van der Waals surface area contributed by atoms with Crippen molar-refractivity contribution in [3.05, 3.63) is 18.2 Å². The maximum atomic E-state index is 12.3. The standard InChI is InChI=1S/C20H29N3O2S/c1-14-7-3-4-8-16(14)22-20(26)21-15-10-11-18(25-2)17(13-15)23-12-6-5-9-19(23)24/h10-11,13-14,16H,3-9,12H2,1-2H3,(H2,21,22,26). The van der Waals surface area contributed by atoms with Gasteiger partial charge in [-0.25, -0.2) is 0 Å². The fourth-order valence-corrected chi connectivity index (χ4v) is 4.17. The second-order valence-corrected chi connectivity index (χ2v) is 7.76.